The Morgan fingerprint density at radius 1 is 1.35 bits per heavy atom. The maximum absolute atomic E-state index is 11.8. The van der Waals surface area contributed by atoms with Crippen molar-refractivity contribution in [1.82, 2.24) is 0 Å². The first-order chi connectivity index (χ1) is 9.73. The van der Waals surface area contributed by atoms with Crippen molar-refractivity contribution in [3.8, 4) is 0 Å². The van der Waals surface area contributed by atoms with Crippen LogP contribution in [0.4, 0.5) is 0 Å². The van der Waals surface area contributed by atoms with Crippen LogP contribution < -0.4 is 0 Å². The average molecular weight is 268 g/mol. The fourth-order valence-corrected chi connectivity index (χ4v) is 2.64. The van der Waals surface area contributed by atoms with Gasteiger partial charge in [0.1, 0.15) is 11.4 Å². The van der Waals surface area contributed by atoms with Crippen molar-refractivity contribution < 1.29 is 14.3 Å². The molecule has 0 spiro atoms. The summed E-state index contributed by atoms with van der Waals surface area (Å²) in [5.74, 6) is 0.557. The van der Waals surface area contributed by atoms with Crippen LogP contribution in [0, 0.1) is 0 Å². The molecule has 0 N–H and O–H groups in total. The van der Waals surface area contributed by atoms with Gasteiger partial charge in [-0.1, -0.05) is 48.6 Å². The molecule has 3 nitrogen and oxygen atoms in total. The van der Waals surface area contributed by atoms with Crippen molar-refractivity contribution in [2.45, 2.75) is 18.4 Å². The summed E-state index contributed by atoms with van der Waals surface area (Å²) in [6, 6.07) is 9.85. The van der Waals surface area contributed by atoms with Crippen molar-refractivity contribution in [2.24, 2.45) is 0 Å². The van der Waals surface area contributed by atoms with E-state index in [1.54, 1.807) is 0 Å². The molecular formula is C17H16O3. The lowest BCUT2D eigenvalue weighted by molar-refractivity contribution is -0.147. The highest BCUT2D eigenvalue weighted by Crippen LogP contribution is 2.43. The van der Waals surface area contributed by atoms with Crippen LogP contribution in [0.25, 0.3) is 0 Å². The van der Waals surface area contributed by atoms with Crippen molar-refractivity contribution >= 4 is 5.97 Å². The molecule has 1 unspecified atom stereocenters. The number of esters is 1. The standard InChI is InChI=1S/C17H16O3/c1-19-16(18)12-17(14-7-3-2-4-8-14)11-10-13-6-5-9-15(13)20-17/h2-10H,11-12H2,1H3. The van der Waals surface area contributed by atoms with Crippen LogP contribution in [-0.4, -0.2) is 13.1 Å². The van der Waals surface area contributed by atoms with E-state index in [2.05, 4.69) is 6.08 Å². The number of hydrogen-bond acceptors (Lipinski definition) is 3. The zero-order chi connectivity index (χ0) is 14.0. The Morgan fingerprint density at radius 3 is 2.90 bits per heavy atom. The molecule has 0 fully saturated rings. The van der Waals surface area contributed by atoms with Crippen molar-refractivity contribution in [2.75, 3.05) is 7.11 Å². The van der Waals surface area contributed by atoms with Crippen LogP contribution in [0.15, 0.2) is 66.0 Å². The molecule has 3 heteroatoms. The van der Waals surface area contributed by atoms with E-state index in [1.807, 2.05) is 48.6 Å². The average Bonchev–Trinajstić information content (AvgIpc) is 2.95. The predicted molar refractivity (Wildman–Crippen MR) is 75.8 cm³/mol. The molecule has 102 valence electrons. The van der Waals surface area contributed by atoms with Crippen molar-refractivity contribution in [3.05, 3.63) is 71.5 Å². The van der Waals surface area contributed by atoms with E-state index in [9.17, 15) is 4.79 Å². The minimum atomic E-state index is -0.671. The monoisotopic (exact) mass is 268 g/mol. The topological polar surface area (TPSA) is 35.5 Å². The Labute approximate surface area is 118 Å². The normalized spacial score (nSPS) is 23.4. The van der Waals surface area contributed by atoms with Gasteiger partial charge in [0, 0.05) is 12.0 Å². The van der Waals surface area contributed by atoms with Crippen LogP contribution >= 0.6 is 0 Å². The number of hydrogen-bond donors (Lipinski definition) is 0. The smallest absolute Gasteiger partial charge is 0.309 e. The summed E-state index contributed by atoms with van der Waals surface area (Å²) in [5, 5.41) is 0. The van der Waals surface area contributed by atoms with Gasteiger partial charge in [-0.3, -0.25) is 4.79 Å². The molecule has 0 saturated heterocycles. The summed E-state index contributed by atoms with van der Waals surface area (Å²) in [5.41, 5.74) is 1.41. The fourth-order valence-electron chi connectivity index (χ4n) is 2.64. The predicted octanol–water partition coefficient (Wildman–Crippen LogP) is 3.25. The van der Waals surface area contributed by atoms with Gasteiger partial charge in [-0.2, -0.15) is 0 Å². The van der Waals surface area contributed by atoms with Gasteiger partial charge in [0.15, 0.2) is 0 Å². The number of methoxy groups -OCH3 is 1. The summed E-state index contributed by atoms with van der Waals surface area (Å²) in [4.78, 5) is 11.8. The van der Waals surface area contributed by atoms with E-state index in [0.717, 1.165) is 16.9 Å². The molecule has 1 aliphatic carbocycles. The third-order valence-electron chi connectivity index (χ3n) is 3.72. The fraction of sp³-hybridized carbons (Fsp3) is 0.235. The minimum Gasteiger partial charge on any atom is -0.481 e. The lowest BCUT2D eigenvalue weighted by Gasteiger charge is -2.37. The second kappa shape index (κ2) is 5.00. The third kappa shape index (κ3) is 2.16. The molecule has 1 aromatic carbocycles. The first kappa shape index (κ1) is 12.7. The zero-order valence-electron chi connectivity index (χ0n) is 11.3. The lowest BCUT2D eigenvalue weighted by Crippen LogP contribution is -2.34. The van der Waals surface area contributed by atoms with E-state index in [1.165, 1.54) is 7.11 Å². The van der Waals surface area contributed by atoms with Gasteiger partial charge < -0.3 is 9.47 Å². The van der Waals surface area contributed by atoms with Crippen LogP contribution in [-0.2, 0) is 19.9 Å². The summed E-state index contributed by atoms with van der Waals surface area (Å²) in [6.07, 6.45) is 8.88. The Kier molecular flexibility index (Phi) is 3.18. The highest BCUT2D eigenvalue weighted by molar-refractivity contribution is 5.71. The molecule has 0 radical (unpaired) electrons. The molecule has 1 atom stereocenters. The molecule has 0 saturated carbocycles. The number of benzene rings is 1. The summed E-state index contributed by atoms with van der Waals surface area (Å²) in [6.45, 7) is 0. The lowest BCUT2D eigenvalue weighted by atomic mass is 9.84. The first-order valence-corrected chi connectivity index (χ1v) is 6.64. The highest BCUT2D eigenvalue weighted by atomic mass is 16.5. The van der Waals surface area contributed by atoms with Gasteiger partial charge in [0.25, 0.3) is 0 Å². The zero-order valence-corrected chi connectivity index (χ0v) is 11.3. The number of rotatable bonds is 3. The van der Waals surface area contributed by atoms with Crippen molar-refractivity contribution in [1.29, 1.82) is 0 Å². The largest absolute Gasteiger partial charge is 0.481 e. The number of carbonyl (C=O) groups excluding carboxylic acids is 1. The van der Waals surface area contributed by atoms with E-state index >= 15 is 0 Å². The Hall–Kier alpha value is -2.29. The molecule has 0 bridgehead atoms. The number of carbonyl (C=O) groups is 1. The van der Waals surface area contributed by atoms with E-state index < -0.39 is 5.60 Å². The highest BCUT2D eigenvalue weighted by Gasteiger charge is 2.40. The Balaban J connectivity index is 2.00. The maximum Gasteiger partial charge on any atom is 0.309 e. The second-order valence-corrected chi connectivity index (χ2v) is 4.97. The molecule has 20 heavy (non-hydrogen) atoms. The molecular weight excluding hydrogens is 252 g/mol. The third-order valence-corrected chi connectivity index (χ3v) is 3.72. The van der Waals surface area contributed by atoms with Crippen LogP contribution in [0.2, 0.25) is 0 Å². The van der Waals surface area contributed by atoms with Gasteiger partial charge >= 0.3 is 5.97 Å². The molecule has 1 aromatic rings. The first-order valence-electron chi connectivity index (χ1n) is 6.64. The van der Waals surface area contributed by atoms with Gasteiger partial charge in [-0.25, -0.2) is 0 Å². The van der Waals surface area contributed by atoms with Crippen LogP contribution in [0.5, 0.6) is 0 Å². The second-order valence-electron chi connectivity index (χ2n) is 4.97. The molecule has 0 aromatic heterocycles. The summed E-state index contributed by atoms with van der Waals surface area (Å²) >= 11 is 0. The number of allylic oxidation sites excluding steroid dienone is 3. The van der Waals surface area contributed by atoms with Crippen LogP contribution in [0.1, 0.15) is 18.4 Å². The van der Waals surface area contributed by atoms with Gasteiger partial charge in [-0.05, 0) is 11.6 Å². The van der Waals surface area contributed by atoms with Crippen molar-refractivity contribution in [3.63, 3.8) is 0 Å². The summed E-state index contributed by atoms with van der Waals surface area (Å²) < 4.78 is 11.0. The SMILES string of the molecule is COC(=O)CC1(c2ccccc2)CC=C2C=CC=C2O1. The molecule has 0 amide bonds. The molecule has 3 rings (SSSR count). The van der Waals surface area contributed by atoms with E-state index in [0.29, 0.717) is 6.42 Å². The van der Waals surface area contributed by atoms with Crippen LogP contribution in [0.3, 0.4) is 0 Å². The van der Waals surface area contributed by atoms with Gasteiger partial charge in [0.05, 0.1) is 13.5 Å². The quantitative estimate of drug-likeness (QED) is 0.789. The Bertz CT molecular complexity index is 610. The molecule has 1 heterocycles. The maximum atomic E-state index is 11.8. The van der Waals surface area contributed by atoms with E-state index in [4.69, 9.17) is 9.47 Å². The number of ether oxygens (including phenoxy) is 2. The summed E-state index contributed by atoms with van der Waals surface area (Å²) in [7, 11) is 1.40. The Morgan fingerprint density at radius 2 is 2.15 bits per heavy atom. The molecule has 2 aliphatic rings. The van der Waals surface area contributed by atoms with Gasteiger partial charge in [0.2, 0.25) is 0 Å². The number of fused-ring (bicyclic) bond motifs is 1. The van der Waals surface area contributed by atoms with Gasteiger partial charge in [-0.15, -0.1) is 0 Å². The van der Waals surface area contributed by atoms with E-state index in [-0.39, 0.29) is 12.4 Å². The minimum absolute atomic E-state index is 0.203. The molecule has 1 aliphatic heterocycles.